The molecule has 1 atom stereocenters. The molecule has 2 rings (SSSR count). The maximum Gasteiger partial charge on any atom is 0.237 e. The van der Waals surface area contributed by atoms with Gasteiger partial charge in [0.25, 0.3) is 0 Å². The number of benzene rings is 2. The van der Waals surface area contributed by atoms with E-state index >= 15 is 0 Å². The van der Waals surface area contributed by atoms with Crippen molar-refractivity contribution < 1.29 is 9.59 Å². The molecule has 4 heteroatoms. The highest BCUT2D eigenvalue weighted by Crippen LogP contribution is 2.24. The lowest BCUT2D eigenvalue weighted by Gasteiger charge is -2.12. The zero-order valence-electron chi connectivity index (χ0n) is 12.9. The van der Waals surface area contributed by atoms with E-state index in [0.29, 0.717) is 11.3 Å². The normalized spacial score (nSPS) is 11.8. The van der Waals surface area contributed by atoms with E-state index in [1.54, 1.807) is 24.3 Å². The summed E-state index contributed by atoms with van der Waals surface area (Å²) in [6.07, 6.45) is 0. The van der Waals surface area contributed by atoms with Gasteiger partial charge < -0.3 is 5.32 Å². The zero-order chi connectivity index (χ0) is 16.1. The summed E-state index contributed by atoms with van der Waals surface area (Å²) in [4.78, 5) is 24.7. The minimum Gasteiger partial charge on any atom is -0.325 e. The van der Waals surface area contributed by atoms with Crippen molar-refractivity contribution in [2.24, 2.45) is 0 Å². The van der Waals surface area contributed by atoms with Crippen molar-refractivity contribution in [1.29, 1.82) is 0 Å². The van der Waals surface area contributed by atoms with Crippen LogP contribution in [0.25, 0.3) is 0 Å². The Morgan fingerprint density at radius 2 is 1.77 bits per heavy atom. The molecule has 0 saturated carbocycles. The number of carbonyl (C=O) groups is 2. The van der Waals surface area contributed by atoms with Crippen LogP contribution in [0.3, 0.4) is 0 Å². The molecule has 0 saturated heterocycles. The molecule has 1 N–H and O–H groups in total. The van der Waals surface area contributed by atoms with Crippen LogP contribution in [-0.2, 0) is 4.79 Å². The highest BCUT2D eigenvalue weighted by molar-refractivity contribution is 8.00. The third-order valence-corrected chi connectivity index (χ3v) is 4.35. The smallest absolute Gasteiger partial charge is 0.237 e. The Balaban J connectivity index is 2.00. The number of nitrogens with one attached hydrogen (secondary N) is 1. The summed E-state index contributed by atoms with van der Waals surface area (Å²) < 4.78 is 0. The fraction of sp³-hybridized carbons (Fsp3) is 0.222. The van der Waals surface area contributed by atoms with Crippen LogP contribution in [0.2, 0.25) is 0 Å². The summed E-state index contributed by atoms with van der Waals surface area (Å²) in [6, 6.07) is 15.1. The second kappa shape index (κ2) is 7.27. The summed E-state index contributed by atoms with van der Waals surface area (Å²) in [6.45, 7) is 5.41. The first-order valence-electron chi connectivity index (χ1n) is 7.11. The van der Waals surface area contributed by atoms with Crippen LogP contribution in [0.4, 0.5) is 5.69 Å². The van der Waals surface area contributed by atoms with Gasteiger partial charge >= 0.3 is 0 Å². The van der Waals surface area contributed by atoms with E-state index in [2.05, 4.69) is 5.32 Å². The largest absolute Gasteiger partial charge is 0.325 e. The van der Waals surface area contributed by atoms with E-state index in [9.17, 15) is 9.59 Å². The minimum absolute atomic E-state index is 0.0156. The van der Waals surface area contributed by atoms with Crippen LogP contribution in [-0.4, -0.2) is 16.9 Å². The molecule has 0 unspecified atom stereocenters. The van der Waals surface area contributed by atoms with Gasteiger partial charge in [-0.15, -0.1) is 11.8 Å². The fourth-order valence-electron chi connectivity index (χ4n) is 1.93. The Bertz CT molecular complexity index is 680. The van der Waals surface area contributed by atoms with Gasteiger partial charge in [-0.3, -0.25) is 9.59 Å². The number of thioether (sulfide) groups is 1. The number of Topliss-reactive ketones (excluding diaryl/α,β-unsaturated/α-hetero) is 1. The van der Waals surface area contributed by atoms with Gasteiger partial charge in [0.1, 0.15) is 0 Å². The van der Waals surface area contributed by atoms with E-state index in [1.807, 2.05) is 38.1 Å². The van der Waals surface area contributed by atoms with Crippen molar-refractivity contribution in [2.75, 3.05) is 5.32 Å². The Morgan fingerprint density at radius 1 is 1.09 bits per heavy atom. The van der Waals surface area contributed by atoms with Crippen LogP contribution in [0.5, 0.6) is 0 Å². The standard InChI is InChI=1S/C18H19NO2S/c1-12-7-9-17(10-8-12)22-14(3)18(21)19-16-6-4-5-15(11-16)13(2)20/h4-11,14H,1-3H3,(H,19,21)/t14-/m0/s1. The van der Waals surface area contributed by atoms with Gasteiger partial charge in [-0.25, -0.2) is 0 Å². The molecule has 2 aromatic rings. The Morgan fingerprint density at radius 3 is 2.41 bits per heavy atom. The number of hydrogen-bond donors (Lipinski definition) is 1. The molecular formula is C18H19NO2S. The molecule has 0 bridgehead atoms. The van der Waals surface area contributed by atoms with Gasteiger partial charge in [-0.1, -0.05) is 29.8 Å². The zero-order valence-corrected chi connectivity index (χ0v) is 13.7. The highest BCUT2D eigenvalue weighted by Gasteiger charge is 2.15. The average Bonchev–Trinajstić information content (AvgIpc) is 2.49. The third-order valence-electron chi connectivity index (χ3n) is 3.24. The van der Waals surface area contributed by atoms with E-state index in [1.165, 1.54) is 24.2 Å². The molecular weight excluding hydrogens is 294 g/mol. The summed E-state index contributed by atoms with van der Waals surface area (Å²) in [5.41, 5.74) is 2.44. The maximum absolute atomic E-state index is 12.2. The number of rotatable bonds is 5. The second-order valence-electron chi connectivity index (χ2n) is 5.20. The molecule has 0 aromatic heterocycles. The Hall–Kier alpha value is -2.07. The summed E-state index contributed by atoms with van der Waals surface area (Å²) in [7, 11) is 0. The van der Waals surface area contributed by atoms with Gasteiger partial charge in [0, 0.05) is 16.1 Å². The van der Waals surface area contributed by atoms with Crippen molar-refractivity contribution in [3.63, 3.8) is 0 Å². The molecule has 22 heavy (non-hydrogen) atoms. The number of hydrogen-bond acceptors (Lipinski definition) is 3. The minimum atomic E-state index is -0.219. The number of carbonyl (C=O) groups excluding carboxylic acids is 2. The van der Waals surface area contributed by atoms with Gasteiger partial charge in [0.15, 0.2) is 5.78 Å². The molecule has 0 aliphatic carbocycles. The highest BCUT2D eigenvalue weighted by atomic mass is 32.2. The van der Waals surface area contributed by atoms with Crippen molar-refractivity contribution >= 4 is 29.1 Å². The summed E-state index contributed by atoms with van der Waals surface area (Å²) in [5, 5.41) is 2.64. The molecule has 0 aliphatic rings. The van der Waals surface area contributed by atoms with E-state index < -0.39 is 0 Å². The van der Waals surface area contributed by atoms with Gasteiger partial charge in [0.2, 0.25) is 5.91 Å². The lowest BCUT2D eigenvalue weighted by Crippen LogP contribution is -2.22. The molecule has 3 nitrogen and oxygen atoms in total. The van der Waals surface area contributed by atoms with Gasteiger partial charge in [0.05, 0.1) is 5.25 Å². The first kappa shape index (κ1) is 16.3. The van der Waals surface area contributed by atoms with Crippen LogP contribution < -0.4 is 5.32 Å². The van der Waals surface area contributed by atoms with Crippen molar-refractivity contribution in [2.45, 2.75) is 30.9 Å². The third kappa shape index (κ3) is 4.46. The quantitative estimate of drug-likeness (QED) is 0.660. The van der Waals surface area contributed by atoms with E-state index in [-0.39, 0.29) is 16.9 Å². The van der Waals surface area contributed by atoms with Gasteiger partial charge in [-0.2, -0.15) is 0 Å². The fourth-order valence-corrected chi connectivity index (χ4v) is 2.80. The predicted molar refractivity (Wildman–Crippen MR) is 91.6 cm³/mol. The molecule has 0 aliphatic heterocycles. The molecule has 0 spiro atoms. The molecule has 1 amide bonds. The number of aryl methyl sites for hydroxylation is 1. The van der Waals surface area contributed by atoms with Crippen LogP contribution in [0.15, 0.2) is 53.4 Å². The Kier molecular flexibility index (Phi) is 5.39. The second-order valence-corrected chi connectivity index (χ2v) is 6.61. The first-order chi connectivity index (χ1) is 10.5. The summed E-state index contributed by atoms with van der Waals surface area (Å²) >= 11 is 1.51. The van der Waals surface area contributed by atoms with Crippen LogP contribution >= 0.6 is 11.8 Å². The van der Waals surface area contributed by atoms with Gasteiger partial charge in [-0.05, 0) is 45.0 Å². The topological polar surface area (TPSA) is 46.2 Å². The predicted octanol–water partition coefficient (Wildman–Crippen LogP) is 4.32. The maximum atomic E-state index is 12.2. The number of amides is 1. The van der Waals surface area contributed by atoms with Crippen molar-refractivity contribution in [1.82, 2.24) is 0 Å². The monoisotopic (exact) mass is 313 g/mol. The molecule has 0 fully saturated rings. The lowest BCUT2D eigenvalue weighted by atomic mass is 10.1. The summed E-state index contributed by atoms with van der Waals surface area (Å²) in [5.74, 6) is -0.0931. The number of ketones is 1. The van der Waals surface area contributed by atoms with Crippen molar-refractivity contribution in [3.8, 4) is 0 Å². The Labute approximate surface area is 135 Å². The first-order valence-corrected chi connectivity index (χ1v) is 7.99. The number of anilines is 1. The molecule has 114 valence electrons. The van der Waals surface area contributed by atoms with E-state index in [0.717, 1.165) is 4.90 Å². The molecule has 0 heterocycles. The van der Waals surface area contributed by atoms with Crippen molar-refractivity contribution in [3.05, 3.63) is 59.7 Å². The molecule has 0 radical (unpaired) electrons. The van der Waals surface area contributed by atoms with Crippen LogP contribution in [0, 0.1) is 6.92 Å². The van der Waals surface area contributed by atoms with E-state index in [4.69, 9.17) is 0 Å². The molecule has 2 aromatic carbocycles. The SMILES string of the molecule is CC(=O)c1cccc(NC(=O)[C@H](C)Sc2ccc(C)cc2)c1. The average molecular weight is 313 g/mol. The lowest BCUT2D eigenvalue weighted by molar-refractivity contribution is -0.115. The van der Waals surface area contributed by atoms with Crippen LogP contribution in [0.1, 0.15) is 29.8 Å².